The third-order valence-corrected chi connectivity index (χ3v) is 6.47. The van der Waals surface area contributed by atoms with E-state index in [9.17, 15) is 9.90 Å². The zero-order valence-corrected chi connectivity index (χ0v) is 21.2. The molecule has 4 rings (SSSR count). The van der Waals surface area contributed by atoms with Crippen LogP contribution in [0.4, 0.5) is 5.69 Å². The van der Waals surface area contributed by atoms with Crippen LogP contribution in [0, 0.1) is 4.77 Å². The first-order chi connectivity index (χ1) is 17.0. The lowest BCUT2D eigenvalue weighted by atomic mass is 10.2. The maximum absolute atomic E-state index is 13.0. The fourth-order valence-electron chi connectivity index (χ4n) is 3.97. The van der Waals surface area contributed by atoms with Gasteiger partial charge in [-0.1, -0.05) is 54.6 Å². The molecule has 6 nitrogen and oxygen atoms in total. The average Bonchev–Trinajstić information content (AvgIpc) is 3.27. The highest BCUT2D eigenvalue weighted by atomic mass is 32.1. The number of anilines is 1. The summed E-state index contributed by atoms with van der Waals surface area (Å²) in [5.74, 6) is -0.0279. The minimum absolute atomic E-state index is 0.106. The number of hydrogen-bond acceptors (Lipinski definition) is 4. The summed E-state index contributed by atoms with van der Waals surface area (Å²) in [7, 11) is 0. The summed E-state index contributed by atoms with van der Waals surface area (Å²) in [6.07, 6.45) is 8.96. The van der Waals surface area contributed by atoms with E-state index in [1.165, 1.54) is 0 Å². The van der Waals surface area contributed by atoms with E-state index in [1.807, 2.05) is 91.2 Å². The molecule has 0 unspecified atom stereocenters. The number of carbonyl (C=O) groups is 1. The molecule has 1 aromatic heterocycles. The molecule has 1 aliphatic heterocycles. The maximum Gasteiger partial charge on any atom is 0.277 e. The van der Waals surface area contributed by atoms with Crippen molar-refractivity contribution in [2.45, 2.75) is 20.4 Å². The molecular formula is C27H26N4O2S2. The molecule has 0 spiro atoms. The number of imidazole rings is 1. The van der Waals surface area contributed by atoms with E-state index in [1.54, 1.807) is 32.6 Å². The first-order valence-corrected chi connectivity index (χ1v) is 12.2. The van der Waals surface area contributed by atoms with E-state index in [4.69, 9.17) is 24.4 Å². The molecule has 0 saturated carbocycles. The number of aromatic nitrogens is 2. The van der Waals surface area contributed by atoms with Crippen molar-refractivity contribution in [1.82, 2.24) is 14.0 Å². The third-order valence-electron chi connectivity index (χ3n) is 5.67. The number of benzene rings is 2. The topological polar surface area (TPSA) is 53.6 Å². The fourth-order valence-corrected chi connectivity index (χ4v) is 4.80. The monoisotopic (exact) mass is 502 g/mol. The number of thiocarbonyl (C=S) groups is 1. The lowest BCUT2D eigenvalue weighted by molar-refractivity contribution is -0.122. The van der Waals surface area contributed by atoms with Crippen molar-refractivity contribution < 1.29 is 9.90 Å². The summed E-state index contributed by atoms with van der Waals surface area (Å²) in [5.41, 5.74) is 2.78. The molecule has 1 N–H and O–H groups in total. The Bertz CT molecular complexity index is 1390. The second-order valence-corrected chi connectivity index (χ2v) is 8.44. The molecule has 178 valence electrons. The van der Waals surface area contributed by atoms with Gasteiger partial charge in [-0.25, -0.2) is 0 Å². The number of aromatic hydroxyl groups is 1. The van der Waals surface area contributed by atoms with E-state index in [-0.39, 0.29) is 11.8 Å². The quantitative estimate of drug-likeness (QED) is 0.250. The van der Waals surface area contributed by atoms with Gasteiger partial charge in [-0.3, -0.25) is 23.7 Å². The van der Waals surface area contributed by atoms with Crippen molar-refractivity contribution in [3.63, 3.8) is 0 Å². The highest BCUT2D eigenvalue weighted by molar-refractivity contribution is 7.80. The van der Waals surface area contributed by atoms with Crippen molar-refractivity contribution in [1.29, 1.82) is 0 Å². The molecule has 1 aliphatic rings. The van der Waals surface area contributed by atoms with Gasteiger partial charge < -0.3 is 5.11 Å². The first kappa shape index (κ1) is 24.4. The highest BCUT2D eigenvalue weighted by Crippen LogP contribution is 2.29. The minimum Gasteiger partial charge on any atom is -0.493 e. The Hall–Kier alpha value is -3.75. The smallest absolute Gasteiger partial charge is 0.277 e. The molecule has 0 radical (unpaired) electrons. The van der Waals surface area contributed by atoms with Gasteiger partial charge in [0.05, 0.1) is 0 Å². The molecular weight excluding hydrogens is 476 g/mol. The van der Waals surface area contributed by atoms with Crippen molar-refractivity contribution in [3.8, 4) is 11.6 Å². The summed E-state index contributed by atoms with van der Waals surface area (Å²) in [5, 5.41) is 11.2. The van der Waals surface area contributed by atoms with Crippen LogP contribution in [-0.2, 0) is 11.3 Å². The Morgan fingerprint density at radius 3 is 2.09 bits per heavy atom. The summed E-state index contributed by atoms with van der Waals surface area (Å²) in [6, 6.07) is 19.3. The summed E-state index contributed by atoms with van der Waals surface area (Å²) < 4.78 is 4.04. The van der Waals surface area contributed by atoms with Crippen LogP contribution in [-0.4, -0.2) is 36.7 Å². The van der Waals surface area contributed by atoms with Crippen molar-refractivity contribution >= 4 is 47.2 Å². The number of para-hydroxylation sites is 2. The van der Waals surface area contributed by atoms with Crippen LogP contribution >= 0.6 is 24.4 Å². The number of allylic oxidation sites excluding steroid dienone is 4. The Balaban J connectivity index is 1.66. The third kappa shape index (κ3) is 4.62. The second-order valence-electron chi connectivity index (χ2n) is 7.71. The van der Waals surface area contributed by atoms with E-state index in [0.717, 1.165) is 11.4 Å². The molecule has 8 heteroatoms. The van der Waals surface area contributed by atoms with Gasteiger partial charge in [0.25, 0.3) is 5.91 Å². The normalized spacial score (nSPS) is 15.4. The minimum atomic E-state index is -0.134. The van der Waals surface area contributed by atoms with Gasteiger partial charge in [0, 0.05) is 24.5 Å². The maximum atomic E-state index is 13.0. The van der Waals surface area contributed by atoms with Crippen LogP contribution in [0.5, 0.6) is 5.88 Å². The van der Waals surface area contributed by atoms with Crippen LogP contribution in [0.1, 0.15) is 19.5 Å². The zero-order valence-electron chi connectivity index (χ0n) is 19.5. The largest absolute Gasteiger partial charge is 0.493 e. The second kappa shape index (κ2) is 10.7. The Labute approximate surface area is 215 Å². The molecule has 0 aliphatic carbocycles. The number of amides is 1. The molecule has 1 fully saturated rings. The SMILES string of the molecule is CCN1C(=O)/C(=C/C=C/C=C/c2c(O)n(CC)c(=S)n2-c2ccccc2)N(c2ccccc2)C1=S. The van der Waals surface area contributed by atoms with Crippen LogP contribution in [0.3, 0.4) is 0 Å². The summed E-state index contributed by atoms with van der Waals surface area (Å²) in [4.78, 5) is 16.3. The van der Waals surface area contributed by atoms with Gasteiger partial charge in [-0.2, -0.15) is 0 Å². The van der Waals surface area contributed by atoms with Gasteiger partial charge in [-0.15, -0.1) is 0 Å². The molecule has 2 heterocycles. The van der Waals surface area contributed by atoms with Crippen molar-refractivity contribution in [3.05, 3.63) is 101 Å². The molecule has 0 atom stereocenters. The average molecular weight is 503 g/mol. The van der Waals surface area contributed by atoms with Crippen molar-refractivity contribution in [2.75, 3.05) is 11.4 Å². The van der Waals surface area contributed by atoms with Gasteiger partial charge >= 0.3 is 0 Å². The van der Waals surface area contributed by atoms with Crippen LogP contribution in [0.25, 0.3) is 11.8 Å². The number of carbonyl (C=O) groups excluding carboxylic acids is 1. The van der Waals surface area contributed by atoms with E-state index in [2.05, 4.69) is 0 Å². The van der Waals surface area contributed by atoms with Gasteiger partial charge in [0.1, 0.15) is 11.4 Å². The fraction of sp³-hybridized carbons (Fsp3) is 0.148. The van der Waals surface area contributed by atoms with Crippen LogP contribution in [0.2, 0.25) is 0 Å². The number of likely N-dealkylation sites (N-methyl/N-ethyl adjacent to an activating group) is 1. The Morgan fingerprint density at radius 2 is 1.49 bits per heavy atom. The molecule has 2 aromatic carbocycles. The number of hydrogen-bond donors (Lipinski definition) is 1. The molecule has 1 saturated heterocycles. The lowest BCUT2D eigenvalue weighted by Gasteiger charge is -2.19. The molecule has 1 amide bonds. The van der Waals surface area contributed by atoms with Crippen LogP contribution < -0.4 is 4.90 Å². The van der Waals surface area contributed by atoms with E-state index < -0.39 is 0 Å². The summed E-state index contributed by atoms with van der Waals surface area (Å²) >= 11 is 11.2. The molecule has 0 bridgehead atoms. The van der Waals surface area contributed by atoms with Crippen molar-refractivity contribution in [2.24, 2.45) is 0 Å². The van der Waals surface area contributed by atoms with E-state index in [0.29, 0.717) is 34.4 Å². The molecule has 3 aromatic rings. The predicted molar refractivity (Wildman–Crippen MR) is 147 cm³/mol. The zero-order chi connectivity index (χ0) is 24.9. The Morgan fingerprint density at radius 1 is 0.857 bits per heavy atom. The van der Waals surface area contributed by atoms with Gasteiger partial charge in [0.15, 0.2) is 9.88 Å². The lowest BCUT2D eigenvalue weighted by Crippen LogP contribution is -2.32. The number of nitrogens with zero attached hydrogens (tertiary/aromatic N) is 4. The standard InChI is InChI=1S/C27H26N4O2S2/c1-3-28-24(32)22(30(26(28)34)20-14-8-5-9-15-20)18-12-7-13-19-23-25(33)29(4-2)27(35)31(23)21-16-10-6-11-17-21/h5-19,32H,3-4H2,1-2H3/b13-7+,18-12+,23-19-. The predicted octanol–water partition coefficient (Wildman–Crippen LogP) is 5.84. The van der Waals surface area contributed by atoms with Gasteiger partial charge in [0.2, 0.25) is 5.88 Å². The first-order valence-electron chi connectivity index (χ1n) is 11.4. The van der Waals surface area contributed by atoms with Crippen LogP contribution in [0.15, 0.2) is 90.7 Å². The molecule has 35 heavy (non-hydrogen) atoms. The Kier molecular flexibility index (Phi) is 7.43. The highest BCUT2D eigenvalue weighted by Gasteiger charge is 2.37. The van der Waals surface area contributed by atoms with Gasteiger partial charge in [-0.05, 0) is 74.7 Å². The number of rotatable bonds is 7. The van der Waals surface area contributed by atoms with E-state index >= 15 is 0 Å². The summed E-state index contributed by atoms with van der Waals surface area (Å²) in [6.45, 7) is 4.89.